The Morgan fingerprint density at radius 3 is 1.61 bits per heavy atom. The molecule has 2 fully saturated rings. The molecular formula is C29H49ClN4O4. The van der Waals surface area contributed by atoms with Gasteiger partial charge in [-0.1, -0.05) is 60.7 Å². The minimum Gasteiger partial charge on any atom is -0.870 e. The average molecular weight is 553 g/mol. The van der Waals surface area contributed by atoms with Crippen LogP contribution in [-0.2, 0) is 17.8 Å². The number of benzene rings is 2. The highest BCUT2D eigenvalue weighted by atomic mass is 35.5. The Morgan fingerprint density at radius 1 is 0.868 bits per heavy atom. The van der Waals surface area contributed by atoms with Crippen molar-refractivity contribution < 1.29 is 29.1 Å². The Labute approximate surface area is 236 Å². The summed E-state index contributed by atoms with van der Waals surface area (Å²) in [5.41, 5.74) is 2.68. The zero-order valence-corrected chi connectivity index (χ0v) is 24.9. The van der Waals surface area contributed by atoms with E-state index in [2.05, 4.69) is 108 Å². The molecule has 2 aliphatic heterocycles. The fraction of sp³-hybridized carbons (Fsp3) is 0.552. The molecule has 38 heavy (non-hydrogen) atoms. The van der Waals surface area contributed by atoms with E-state index in [1.54, 1.807) is 0 Å². The number of ether oxygens (including phenoxy) is 1. The number of piperidine rings is 1. The Kier molecular flexibility index (Phi) is 15.7. The molecule has 216 valence electrons. The summed E-state index contributed by atoms with van der Waals surface area (Å²) in [6.07, 6.45) is 0.478. The summed E-state index contributed by atoms with van der Waals surface area (Å²) >= 11 is 0. The van der Waals surface area contributed by atoms with Gasteiger partial charge in [0.05, 0.1) is 54.5 Å². The van der Waals surface area contributed by atoms with E-state index in [1.807, 2.05) is 0 Å². The molecule has 0 aromatic heterocycles. The van der Waals surface area contributed by atoms with Gasteiger partial charge in [0.25, 0.3) is 0 Å². The number of quaternary nitrogens is 2. The molecule has 2 N–H and O–H groups in total. The molecular weight excluding hydrogens is 504 g/mol. The fourth-order valence-corrected chi connectivity index (χ4v) is 4.39. The molecule has 2 saturated heterocycles. The fourth-order valence-electron chi connectivity index (χ4n) is 4.39. The molecule has 4 rings (SSSR count). The Morgan fingerprint density at radius 2 is 1.29 bits per heavy atom. The van der Waals surface area contributed by atoms with Gasteiger partial charge in [0, 0.05) is 37.3 Å². The number of likely N-dealkylation sites (tertiary alicyclic amines) is 1. The van der Waals surface area contributed by atoms with Crippen LogP contribution in [-0.4, -0.2) is 106 Å². The van der Waals surface area contributed by atoms with Gasteiger partial charge in [0.15, 0.2) is 0 Å². The van der Waals surface area contributed by atoms with Crippen LogP contribution in [0.25, 0.3) is 0 Å². The van der Waals surface area contributed by atoms with Crippen molar-refractivity contribution in [2.45, 2.75) is 31.5 Å². The van der Waals surface area contributed by atoms with E-state index >= 15 is 0 Å². The third-order valence-electron chi connectivity index (χ3n) is 6.07. The van der Waals surface area contributed by atoms with E-state index in [-0.39, 0.29) is 23.5 Å². The molecule has 8 nitrogen and oxygen atoms in total. The maximum Gasteiger partial charge on any atom is 0.136 e. The number of nitrogens with one attached hydrogen (secondary N) is 1. The van der Waals surface area contributed by atoms with Crippen LogP contribution in [0.1, 0.15) is 24.0 Å². The lowest BCUT2D eigenvalue weighted by atomic mass is 9.90. The third kappa shape index (κ3) is 14.7. The number of carbonyl (C=O) groups is 1. The van der Waals surface area contributed by atoms with Crippen LogP contribution < -0.4 is 10.4 Å². The van der Waals surface area contributed by atoms with E-state index in [0.29, 0.717) is 13.1 Å². The largest absolute Gasteiger partial charge is 0.870 e. The molecule has 0 atom stereocenters. The van der Waals surface area contributed by atoms with Gasteiger partial charge >= 0.3 is 0 Å². The predicted molar refractivity (Wildman–Crippen MR) is 153 cm³/mol. The van der Waals surface area contributed by atoms with Gasteiger partial charge in [0.2, 0.25) is 0 Å². The van der Waals surface area contributed by atoms with Crippen LogP contribution in [0.4, 0.5) is 4.79 Å². The predicted octanol–water partition coefficient (Wildman–Crippen LogP) is 2.81. The second-order valence-electron chi connectivity index (χ2n) is 11.8. The first-order valence-electron chi connectivity index (χ1n) is 12.9. The van der Waals surface area contributed by atoms with E-state index in [9.17, 15) is 9.90 Å². The maximum absolute atomic E-state index is 10.6. The van der Waals surface area contributed by atoms with Gasteiger partial charge in [0.1, 0.15) is 19.2 Å². The molecule has 2 aliphatic rings. The number of carbonyl (C=O) groups excluding carboxylic acids is 1. The number of rotatable bonds is 4. The van der Waals surface area contributed by atoms with Crippen molar-refractivity contribution in [3.63, 3.8) is 0 Å². The minimum absolute atomic E-state index is 0. The van der Waals surface area contributed by atoms with Crippen molar-refractivity contribution in [2.75, 3.05) is 75.1 Å². The highest BCUT2D eigenvalue weighted by Crippen LogP contribution is 2.27. The topological polar surface area (TPSA) is 94.6 Å². The molecule has 2 aromatic rings. The van der Waals surface area contributed by atoms with Crippen LogP contribution >= 0.6 is 12.4 Å². The molecule has 0 unspecified atom stereocenters. The SMILES string of the molecule is C[N+](C)(C)Cc1ccccc1.C[N+](C)(C)Cc1ccccc1.Cl.O=C([O-])N1CCC2(CC1)CNCCO2.[OH-]. The Hall–Kier alpha value is -2.20. The van der Waals surface area contributed by atoms with Crippen LogP contribution in [0.2, 0.25) is 0 Å². The average Bonchev–Trinajstić information content (AvgIpc) is 2.80. The quantitative estimate of drug-likeness (QED) is 0.589. The molecule has 2 heterocycles. The van der Waals surface area contributed by atoms with Crippen LogP contribution in [0.5, 0.6) is 0 Å². The van der Waals surface area contributed by atoms with E-state index in [1.165, 1.54) is 16.0 Å². The Bertz CT molecular complexity index is 835. The van der Waals surface area contributed by atoms with Gasteiger partial charge < -0.3 is 39.3 Å². The molecule has 2 aromatic carbocycles. The summed E-state index contributed by atoms with van der Waals surface area (Å²) in [5.74, 6) is 0. The van der Waals surface area contributed by atoms with Crippen molar-refractivity contribution >= 4 is 18.5 Å². The summed E-state index contributed by atoms with van der Waals surface area (Å²) in [6.45, 7) is 5.72. The van der Waals surface area contributed by atoms with Crippen molar-refractivity contribution in [3.8, 4) is 0 Å². The number of carboxylic acid groups (broad SMARTS) is 1. The number of nitrogens with zero attached hydrogens (tertiary/aromatic N) is 3. The minimum atomic E-state index is -1.07. The summed E-state index contributed by atoms with van der Waals surface area (Å²) in [6, 6.07) is 21.1. The van der Waals surface area contributed by atoms with Gasteiger partial charge in [-0.3, -0.25) is 0 Å². The number of halogens is 1. The summed E-state index contributed by atoms with van der Waals surface area (Å²) in [4.78, 5) is 11.9. The number of hydrogen-bond acceptors (Lipinski definition) is 5. The van der Waals surface area contributed by atoms with Gasteiger partial charge in [-0.2, -0.15) is 0 Å². The number of hydrogen-bond donors (Lipinski definition) is 1. The molecule has 0 bridgehead atoms. The van der Waals surface area contributed by atoms with Crippen LogP contribution in [0, 0.1) is 0 Å². The normalized spacial score (nSPS) is 16.4. The zero-order valence-electron chi connectivity index (χ0n) is 24.1. The first kappa shape index (κ1) is 35.8. The second kappa shape index (κ2) is 16.7. The molecule has 1 spiro atoms. The second-order valence-corrected chi connectivity index (χ2v) is 11.8. The summed E-state index contributed by atoms with van der Waals surface area (Å²) < 4.78 is 7.71. The lowest BCUT2D eigenvalue weighted by Gasteiger charge is -2.44. The van der Waals surface area contributed by atoms with Crippen LogP contribution in [0.15, 0.2) is 60.7 Å². The van der Waals surface area contributed by atoms with Crippen molar-refractivity contribution in [2.24, 2.45) is 0 Å². The molecule has 0 aliphatic carbocycles. The summed E-state index contributed by atoms with van der Waals surface area (Å²) in [5, 5.41) is 13.9. The molecule has 0 radical (unpaired) electrons. The van der Waals surface area contributed by atoms with Crippen molar-refractivity contribution in [1.29, 1.82) is 0 Å². The zero-order chi connectivity index (χ0) is 26.7. The van der Waals surface area contributed by atoms with Crippen LogP contribution in [0.3, 0.4) is 0 Å². The standard InChI is InChI=1S/2C10H16N.C9H16N2O3.ClH.H2O/c2*1-11(2,3)9-10-7-5-4-6-8-10;12-8(13)11-4-1-9(2-5-11)7-10-3-6-14-9;;/h2*4-8H,9H2,1-3H3;10H,1-7H2,(H,12,13);1H;1H2/q2*+1;;;/p-2. The lowest BCUT2D eigenvalue weighted by Crippen LogP contribution is -2.57. The lowest BCUT2D eigenvalue weighted by molar-refractivity contribution is -0.884. The van der Waals surface area contributed by atoms with E-state index < -0.39 is 6.09 Å². The van der Waals surface area contributed by atoms with E-state index in [4.69, 9.17) is 4.74 Å². The smallest absolute Gasteiger partial charge is 0.136 e. The molecule has 1 amide bonds. The molecule has 0 saturated carbocycles. The van der Waals surface area contributed by atoms with Crippen molar-refractivity contribution in [1.82, 2.24) is 10.2 Å². The Balaban J connectivity index is 0.000000533. The number of morpholine rings is 1. The first-order valence-corrected chi connectivity index (χ1v) is 12.9. The highest BCUT2D eigenvalue weighted by molar-refractivity contribution is 5.85. The van der Waals surface area contributed by atoms with E-state index in [0.717, 1.165) is 54.6 Å². The van der Waals surface area contributed by atoms with Gasteiger partial charge in [-0.25, -0.2) is 0 Å². The van der Waals surface area contributed by atoms with Gasteiger partial charge in [-0.15, -0.1) is 12.4 Å². The maximum atomic E-state index is 10.6. The first-order chi connectivity index (χ1) is 16.9. The molecule has 9 heteroatoms. The monoisotopic (exact) mass is 552 g/mol. The van der Waals surface area contributed by atoms with Crippen molar-refractivity contribution in [3.05, 3.63) is 71.8 Å². The highest BCUT2D eigenvalue weighted by Gasteiger charge is 2.36. The summed E-state index contributed by atoms with van der Waals surface area (Å²) in [7, 11) is 13.2. The third-order valence-corrected chi connectivity index (χ3v) is 6.07. The number of amides is 1. The van der Waals surface area contributed by atoms with Gasteiger partial charge in [-0.05, 0) is 12.8 Å².